The number of nitrogens with one attached hydrogen (secondary N) is 1. The van der Waals surface area contributed by atoms with Gasteiger partial charge in [0.15, 0.2) is 0 Å². The van der Waals surface area contributed by atoms with E-state index in [0.29, 0.717) is 18.1 Å². The Morgan fingerprint density at radius 2 is 1.78 bits per heavy atom. The molecule has 0 spiro atoms. The van der Waals surface area contributed by atoms with Crippen molar-refractivity contribution in [1.82, 2.24) is 5.32 Å². The Morgan fingerprint density at radius 1 is 1.17 bits per heavy atom. The summed E-state index contributed by atoms with van der Waals surface area (Å²) in [7, 11) is 0. The van der Waals surface area contributed by atoms with Crippen LogP contribution in [0.25, 0.3) is 0 Å². The van der Waals surface area contributed by atoms with E-state index in [4.69, 9.17) is 0 Å². The lowest BCUT2D eigenvalue weighted by atomic mass is 9.68. The summed E-state index contributed by atoms with van der Waals surface area (Å²) in [5.41, 5.74) is 0.467. The summed E-state index contributed by atoms with van der Waals surface area (Å²) in [4.78, 5) is 0. The van der Waals surface area contributed by atoms with Crippen molar-refractivity contribution in [1.29, 1.82) is 0 Å². The van der Waals surface area contributed by atoms with E-state index in [9.17, 15) is 5.11 Å². The number of rotatable bonds is 6. The van der Waals surface area contributed by atoms with E-state index in [1.807, 2.05) is 0 Å². The van der Waals surface area contributed by atoms with E-state index in [1.165, 1.54) is 32.1 Å². The summed E-state index contributed by atoms with van der Waals surface area (Å²) in [6.45, 7) is 10.7. The lowest BCUT2D eigenvalue weighted by Gasteiger charge is -2.39. The van der Waals surface area contributed by atoms with Gasteiger partial charge >= 0.3 is 0 Å². The van der Waals surface area contributed by atoms with Crippen LogP contribution < -0.4 is 5.32 Å². The first-order valence-electron chi connectivity index (χ1n) is 7.83. The Bertz CT molecular complexity index is 214. The third kappa shape index (κ3) is 4.89. The van der Waals surface area contributed by atoms with E-state index in [-0.39, 0.29) is 0 Å². The number of hydrogen-bond donors (Lipinski definition) is 2. The van der Waals surface area contributed by atoms with E-state index in [0.717, 1.165) is 24.8 Å². The zero-order valence-corrected chi connectivity index (χ0v) is 12.8. The van der Waals surface area contributed by atoms with Gasteiger partial charge in [-0.05, 0) is 62.3 Å². The molecule has 18 heavy (non-hydrogen) atoms. The van der Waals surface area contributed by atoms with Gasteiger partial charge in [-0.3, -0.25) is 0 Å². The molecule has 0 heterocycles. The quantitative estimate of drug-likeness (QED) is 0.760. The fourth-order valence-electron chi connectivity index (χ4n) is 3.36. The molecule has 0 bridgehead atoms. The average molecular weight is 255 g/mol. The van der Waals surface area contributed by atoms with Crippen molar-refractivity contribution in [2.45, 2.75) is 72.3 Å². The molecule has 1 saturated carbocycles. The van der Waals surface area contributed by atoms with Gasteiger partial charge in [-0.15, -0.1) is 0 Å². The number of aliphatic hydroxyl groups excluding tert-OH is 1. The second kappa shape index (κ2) is 7.49. The molecule has 2 N–H and O–H groups in total. The summed E-state index contributed by atoms with van der Waals surface area (Å²) in [5.74, 6) is 1.66. The summed E-state index contributed by atoms with van der Waals surface area (Å²) >= 11 is 0. The average Bonchev–Trinajstić information content (AvgIpc) is 2.33. The Balaban J connectivity index is 2.43. The molecule has 1 unspecified atom stereocenters. The summed E-state index contributed by atoms with van der Waals surface area (Å²) in [5, 5.41) is 12.8. The maximum Gasteiger partial charge on any atom is 0.0445 e. The molecule has 1 atom stereocenters. The van der Waals surface area contributed by atoms with Crippen LogP contribution >= 0.6 is 0 Å². The largest absolute Gasteiger partial charge is 0.396 e. The summed E-state index contributed by atoms with van der Waals surface area (Å²) in [6, 6.07) is 0.538. The second-order valence-electron chi connectivity index (χ2n) is 7.05. The highest BCUT2D eigenvalue weighted by atomic mass is 16.3. The van der Waals surface area contributed by atoms with Gasteiger partial charge in [-0.1, -0.05) is 27.7 Å². The van der Waals surface area contributed by atoms with E-state index in [1.54, 1.807) is 0 Å². The SMILES string of the molecule is CCCNC(CCO)C1CCC(C(C)(C)C)CC1. The van der Waals surface area contributed by atoms with Gasteiger partial charge in [-0.2, -0.15) is 0 Å². The van der Waals surface area contributed by atoms with Crippen LogP contribution in [0, 0.1) is 17.3 Å². The van der Waals surface area contributed by atoms with E-state index < -0.39 is 0 Å². The van der Waals surface area contributed by atoms with Crippen LogP contribution in [0.3, 0.4) is 0 Å². The topological polar surface area (TPSA) is 32.3 Å². The molecule has 0 saturated heterocycles. The molecule has 1 fully saturated rings. The maximum atomic E-state index is 9.21. The second-order valence-corrected chi connectivity index (χ2v) is 7.05. The molecule has 0 aromatic rings. The predicted octanol–water partition coefficient (Wildman–Crippen LogP) is 3.59. The molecular weight excluding hydrogens is 222 g/mol. The van der Waals surface area contributed by atoms with Crippen molar-refractivity contribution in [2.24, 2.45) is 17.3 Å². The maximum absolute atomic E-state index is 9.21. The first-order valence-corrected chi connectivity index (χ1v) is 7.83. The van der Waals surface area contributed by atoms with Gasteiger partial charge in [0.1, 0.15) is 0 Å². The summed E-state index contributed by atoms with van der Waals surface area (Å²) in [6.07, 6.45) is 7.50. The Hall–Kier alpha value is -0.0800. The molecule has 0 aliphatic heterocycles. The Kier molecular flexibility index (Phi) is 6.65. The van der Waals surface area contributed by atoms with Crippen molar-refractivity contribution < 1.29 is 5.11 Å². The number of aliphatic hydroxyl groups is 1. The van der Waals surface area contributed by atoms with Crippen LogP contribution in [0.2, 0.25) is 0 Å². The molecule has 0 amide bonds. The van der Waals surface area contributed by atoms with Gasteiger partial charge in [0.25, 0.3) is 0 Å². The monoisotopic (exact) mass is 255 g/mol. The minimum atomic E-state index is 0.320. The zero-order chi connectivity index (χ0) is 13.6. The lowest BCUT2D eigenvalue weighted by Crippen LogP contribution is -2.40. The van der Waals surface area contributed by atoms with Crippen molar-refractivity contribution in [2.75, 3.05) is 13.2 Å². The fraction of sp³-hybridized carbons (Fsp3) is 1.00. The van der Waals surface area contributed by atoms with Crippen LogP contribution in [0.4, 0.5) is 0 Å². The van der Waals surface area contributed by atoms with Crippen LogP contribution in [0.5, 0.6) is 0 Å². The Morgan fingerprint density at radius 3 is 2.22 bits per heavy atom. The van der Waals surface area contributed by atoms with Gasteiger partial charge in [0, 0.05) is 12.6 Å². The van der Waals surface area contributed by atoms with Crippen LogP contribution in [0.15, 0.2) is 0 Å². The minimum absolute atomic E-state index is 0.320. The molecule has 108 valence electrons. The van der Waals surface area contributed by atoms with Crippen molar-refractivity contribution in [3.63, 3.8) is 0 Å². The smallest absolute Gasteiger partial charge is 0.0445 e. The molecule has 1 rings (SSSR count). The first kappa shape index (κ1) is 16.0. The van der Waals surface area contributed by atoms with Crippen LogP contribution in [0.1, 0.15) is 66.2 Å². The van der Waals surface area contributed by atoms with Gasteiger partial charge in [0.05, 0.1) is 0 Å². The molecule has 2 nitrogen and oxygen atoms in total. The molecule has 0 radical (unpaired) electrons. The fourth-order valence-corrected chi connectivity index (χ4v) is 3.36. The van der Waals surface area contributed by atoms with Crippen LogP contribution in [-0.4, -0.2) is 24.3 Å². The molecule has 0 aromatic carbocycles. The van der Waals surface area contributed by atoms with Crippen molar-refractivity contribution in [3.8, 4) is 0 Å². The minimum Gasteiger partial charge on any atom is -0.396 e. The lowest BCUT2D eigenvalue weighted by molar-refractivity contribution is 0.123. The normalized spacial score (nSPS) is 27.2. The molecule has 0 aromatic heterocycles. The Labute approximate surface area is 114 Å². The summed E-state index contributed by atoms with van der Waals surface area (Å²) < 4.78 is 0. The van der Waals surface area contributed by atoms with Crippen molar-refractivity contribution >= 4 is 0 Å². The van der Waals surface area contributed by atoms with Gasteiger partial charge in [0.2, 0.25) is 0 Å². The predicted molar refractivity (Wildman–Crippen MR) is 78.7 cm³/mol. The van der Waals surface area contributed by atoms with Gasteiger partial charge in [-0.25, -0.2) is 0 Å². The standard InChI is InChI=1S/C16H33NO/c1-5-11-17-15(10-12-18)13-6-8-14(9-7-13)16(2,3)4/h13-15,17-18H,5-12H2,1-4H3. The third-order valence-corrected chi connectivity index (χ3v) is 4.66. The molecule has 2 heteroatoms. The molecule has 1 aliphatic carbocycles. The van der Waals surface area contributed by atoms with Gasteiger partial charge < -0.3 is 10.4 Å². The highest BCUT2D eigenvalue weighted by Crippen LogP contribution is 2.40. The van der Waals surface area contributed by atoms with E-state index in [2.05, 4.69) is 33.0 Å². The highest BCUT2D eigenvalue weighted by molar-refractivity contribution is 4.85. The van der Waals surface area contributed by atoms with Crippen LogP contribution in [-0.2, 0) is 0 Å². The third-order valence-electron chi connectivity index (χ3n) is 4.66. The molecular formula is C16H33NO. The van der Waals surface area contributed by atoms with Crippen molar-refractivity contribution in [3.05, 3.63) is 0 Å². The van der Waals surface area contributed by atoms with E-state index >= 15 is 0 Å². The first-order chi connectivity index (χ1) is 8.49. The molecule has 1 aliphatic rings. The highest BCUT2D eigenvalue weighted by Gasteiger charge is 2.32. The number of hydrogen-bond acceptors (Lipinski definition) is 2. The zero-order valence-electron chi connectivity index (χ0n) is 12.8.